The lowest BCUT2D eigenvalue weighted by Gasteiger charge is -2.27. The van der Waals surface area contributed by atoms with Gasteiger partial charge in [0.2, 0.25) is 0 Å². The molecule has 0 amide bonds. The molecule has 2 aromatic carbocycles. The van der Waals surface area contributed by atoms with Crippen molar-refractivity contribution in [3.05, 3.63) is 64.2 Å². The van der Waals surface area contributed by atoms with Gasteiger partial charge in [-0.3, -0.25) is 4.79 Å². The number of fused-ring (bicyclic) bond motifs is 5. The third-order valence-corrected chi connectivity index (χ3v) is 7.60. The number of benzene rings is 2. The molecule has 0 fully saturated rings. The topological polar surface area (TPSA) is 17.1 Å². The molecule has 150 valence electrons. The summed E-state index contributed by atoms with van der Waals surface area (Å²) in [5.41, 5.74) is 11.0. The lowest BCUT2D eigenvalue weighted by Crippen LogP contribution is -2.11. The van der Waals surface area contributed by atoms with Crippen LogP contribution in [-0.4, -0.2) is 5.78 Å². The van der Waals surface area contributed by atoms with Crippen molar-refractivity contribution in [1.82, 2.24) is 0 Å². The predicted molar refractivity (Wildman–Crippen MR) is 121 cm³/mol. The fourth-order valence-corrected chi connectivity index (χ4v) is 6.09. The molecule has 0 aromatic heterocycles. The minimum atomic E-state index is 0.328. The molecule has 0 saturated heterocycles. The van der Waals surface area contributed by atoms with Crippen molar-refractivity contribution in [2.24, 2.45) is 11.8 Å². The molecule has 0 radical (unpaired) electrons. The van der Waals surface area contributed by atoms with E-state index in [4.69, 9.17) is 0 Å². The van der Waals surface area contributed by atoms with Gasteiger partial charge < -0.3 is 0 Å². The smallest absolute Gasteiger partial charge is 0.163 e. The highest BCUT2D eigenvalue weighted by molar-refractivity contribution is 6.03. The lowest BCUT2D eigenvalue weighted by molar-refractivity contribution is 0.0994. The van der Waals surface area contributed by atoms with Crippen molar-refractivity contribution in [2.75, 3.05) is 0 Å². The van der Waals surface area contributed by atoms with Gasteiger partial charge in [0.15, 0.2) is 5.78 Å². The Balaban J connectivity index is 1.69. The number of rotatable bonds is 4. The van der Waals surface area contributed by atoms with Crippen molar-refractivity contribution in [1.29, 1.82) is 0 Å². The standard InChI is InChI=1S/C28H32O/c1-4-6-20-21-10-9-19(25-15-17(3)7-8-18(25)5-2)16-26(21)28-23(20)12-11-22-24(28)13-14-27(22)29/h9-12,15-18,20H,4-8,13-14H2,1-3H3. The summed E-state index contributed by atoms with van der Waals surface area (Å²) >= 11 is 0. The van der Waals surface area contributed by atoms with Crippen LogP contribution in [-0.2, 0) is 6.42 Å². The molecule has 5 rings (SSSR count). The highest BCUT2D eigenvalue weighted by atomic mass is 16.1. The summed E-state index contributed by atoms with van der Waals surface area (Å²) in [5.74, 6) is 2.17. The second kappa shape index (κ2) is 7.27. The number of ketones is 1. The first-order valence-electron chi connectivity index (χ1n) is 11.7. The van der Waals surface area contributed by atoms with Crippen molar-refractivity contribution >= 4 is 11.4 Å². The van der Waals surface area contributed by atoms with E-state index < -0.39 is 0 Å². The molecule has 29 heavy (non-hydrogen) atoms. The van der Waals surface area contributed by atoms with Gasteiger partial charge in [0.05, 0.1) is 0 Å². The molecule has 0 bridgehead atoms. The molecule has 1 nitrogen and oxygen atoms in total. The zero-order chi connectivity index (χ0) is 20.1. The van der Waals surface area contributed by atoms with Crippen molar-refractivity contribution in [2.45, 2.75) is 71.6 Å². The van der Waals surface area contributed by atoms with Crippen LogP contribution < -0.4 is 0 Å². The van der Waals surface area contributed by atoms with E-state index in [1.807, 2.05) is 0 Å². The average Bonchev–Trinajstić information content (AvgIpc) is 3.26. The van der Waals surface area contributed by atoms with E-state index in [2.05, 4.69) is 57.2 Å². The normalized spacial score (nSPS) is 24.9. The predicted octanol–water partition coefficient (Wildman–Crippen LogP) is 7.57. The fourth-order valence-electron chi connectivity index (χ4n) is 6.09. The molecule has 0 N–H and O–H groups in total. The first-order valence-corrected chi connectivity index (χ1v) is 11.7. The first kappa shape index (κ1) is 18.9. The van der Waals surface area contributed by atoms with Gasteiger partial charge in [0.1, 0.15) is 0 Å². The van der Waals surface area contributed by atoms with E-state index in [0.29, 0.717) is 30.0 Å². The summed E-state index contributed by atoms with van der Waals surface area (Å²) in [4.78, 5) is 12.4. The SMILES string of the molecule is CCCC1c2ccc(C3=CC(C)CCC3CC)cc2-c2c1ccc1c2CCC1=O. The minimum absolute atomic E-state index is 0.328. The molecule has 0 saturated carbocycles. The van der Waals surface area contributed by atoms with E-state index in [1.54, 1.807) is 5.57 Å². The molecule has 3 aliphatic carbocycles. The Morgan fingerprint density at radius 3 is 2.59 bits per heavy atom. The molecule has 3 atom stereocenters. The summed E-state index contributed by atoms with van der Waals surface area (Å²) in [5, 5.41) is 0. The number of carbonyl (C=O) groups is 1. The summed E-state index contributed by atoms with van der Waals surface area (Å²) in [6.07, 6.45) is 10.3. The molecular weight excluding hydrogens is 352 g/mol. The van der Waals surface area contributed by atoms with Gasteiger partial charge in [-0.1, -0.05) is 57.5 Å². The third-order valence-electron chi connectivity index (χ3n) is 7.60. The highest BCUT2D eigenvalue weighted by Gasteiger charge is 2.34. The number of hydrogen-bond donors (Lipinski definition) is 0. The van der Waals surface area contributed by atoms with Gasteiger partial charge in [-0.15, -0.1) is 0 Å². The van der Waals surface area contributed by atoms with Crippen LogP contribution >= 0.6 is 0 Å². The van der Waals surface area contributed by atoms with Crippen LogP contribution in [0.1, 0.15) is 97.8 Å². The van der Waals surface area contributed by atoms with Crippen LogP contribution in [0.15, 0.2) is 36.4 Å². The van der Waals surface area contributed by atoms with Gasteiger partial charge in [-0.05, 0) is 89.0 Å². The quantitative estimate of drug-likeness (QED) is 0.531. The van der Waals surface area contributed by atoms with Crippen molar-refractivity contribution in [3.63, 3.8) is 0 Å². The molecule has 0 spiro atoms. The van der Waals surface area contributed by atoms with Crippen molar-refractivity contribution < 1.29 is 4.79 Å². The fraction of sp³-hybridized carbons (Fsp3) is 0.464. The number of Topliss-reactive ketones (excluding diaryl/α,β-unsaturated/α-hetero) is 1. The van der Waals surface area contributed by atoms with E-state index in [-0.39, 0.29) is 0 Å². The molecule has 0 aliphatic heterocycles. The van der Waals surface area contributed by atoms with E-state index in [1.165, 1.54) is 65.5 Å². The molecule has 1 heteroatoms. The Hall–Kier alpha value is -2.15. The first-order chi connectivity index (χ1) is 14.1. The maximum atomic E-state index is 12.4. The Labute approximate surface area is 175 Å². The minimum Gasteiger partial charge on any atom is -0.294 e. The van der Waals surface area contributed by atoms with E-state index in [0.717, 1.165) is 12.0 Å². The largest absolute Gasteiger partial charge is 0.294 e. The van der Waals surface area contributed by atoms with E-state index >= 15 is 0 Å². The molecule has 2 aromatic rings. The highest BCUT2D eigenvalue weighted by Crippen LogP contribution is 2.51. The van der Waals surface area contributed by atoms with E-state index in [9.17, 15) is 4.79 Å². The lowest BCUT2D eigenvalue weighted by atomic mass is 9.78. The Morgan fingerprint density at radius 1 is 0.966 bits per heavy atom. The summed E-state index contributed by atoms with van der Waals surface area (Å²) < 4.78 is 0. The maximum absolute atomic E-state index is 12.4. The summed E-state index contributed by atoms with van der Waals surface area (Å²) in [6.45, 7) is 6.96. The second-order valence-electron chi connectivity index (χ2n) is 9.40. The molecule has 3 aliphatic rings. The van der Waals surface area contributed by atoms with Gasteiger partial charge in [0.25, 0.3) is 0 Å². The van der Waals surface area contributed by atoms with Crippen LogP contribution in [0.5, 0.6) is 0 Å². The zero-order valence-corrected chi connectivity index (χ0v) is 18.1. The molecule has 3 unspecified atom stereocenters. The van der Waals surface area contributed by atoms with Crippen LogP contribution in [0.2, 0.25) is 0 Å². The Morgan fingerprint density at radius 2 is 1.79 bits per heavy atom. The zero-order valence-electron chi connectivity index (χ0n) is 18.1. The third kappa shape index (κ3) is 2.93. The van der Waals surface area contributed by atoms with Gasteiger partial charge in [-0.25, -0.2) is 0 Å². The second-order valence-corrected chi connectivity index (χ2v) is 9.40. The average molecular weight is 385 g/mol. The van der Waals surface area contributed by atoms with Crippen LogP contribution in [0.25, 0.3) is 16.7 Å². The van der Waals surface area contributed by atoms with Gasteiger partial charge in [0, 0.05) is 17.9 Å². The van der Waals surface area contributed by atoms with Crippen molar-refractivity contribution in [3.8, 4) is 11.1 Å². The molecule has 0 heterocycles. The molecular formula is C28H32O. The van der Waals surface area contributed by atoms with Gasteiger partial charge >= 0.3 is 0 Å². The Kier molecular flexibility index (Phi) is 4.73. The summed E-state index contributed by atoms with van der Waals surface area (Å²) in [6, 6.07) is 11.6. The van der Waals surface area contributed by atoms with Gasteiger partial charge in [-0.2, -0.15) is 0 Å². The number of carbonyl (C=O) groups excluding carboxylic acids is 1. The number of allylic oxidation sites excluding steroid dienone is 2. The Bertz CT molecular complexity index is 1010. The maximum Gasteiger partial charge on any atom is 0.163 e. The van der Waals surface area contributed by atoms with Crippen LogP contribution in [0, 0.1) is 11.8 Å². The van der Waals surface area contributed by atoms with Crippen LogP contribution in [0.4, 0.5) is 0 Å². The number of hydrogen-bond acceptors (Lipinski definition) is 1. The van der Waals surface area contributed by atoms with Crippen LogP contribution in [0.3, 0.4) is 0 Å². The monoisotopic (exact) mass is 384 g/mol. The summed E-state index contributed by atoms with van der Waals surface area (Å²) in [7, 11) is 0.